The molecule has 0 saturated heterocycles. The predicted molar refractivity (Wildman–Crippen MR) is 84.6 cm³/mol. The van der Waals surface area contributed by atoms with Crippen LogP contribution in [0.4, 0.5) is 5.69 Å². The summed E-state index contributed by atoms with van der Waals surface area (Å²) in [6.45, 7) is 10.5. The number of halogens is 1. The number of rotatable bonds is 5. The first-order chi connectivity index (χ1) is 8.75. The van der Waals surface area contributed by atoms with E-state index >= 15 is 0 Å². The van der Waals surface area contributed by atoms with Crippen LogP contribution in [0.15, 0.2) is 16.6 Å². The molecule has 0 aliphatic rings. The van der Waals surface area contributed by atoms with Gasteiger partial charge in [0.05, 0.1) is 12.2 Å². The molecule has 0 radical (unpaired) electrons. The fraction of sp³-hybridized carbons (Fsp3) is 0.533. The highest BCUT2D eigenvalue weighted by atomic mass is 79.9. The molecule has 106 valence electrons. The van der Waals surface area contributed by atoms with Gasteiger partial charge in [-0.1, -0.05) is 13.0 Å². The Morgan fingerprint density at radius 2 is 1.95 bits per heavy atom. The maximum Gasteiger partial charge on any atom is 0.239 e. The second-order valence-electron chi connectivity index (χ2n) is 5.58. The van der Waals surface area contributed by atoms with E-state index in [4.69, 9.17) is 0 Å². The molecule has 2 N–H and O–H groups in total. The van der Waals surface area contributed by atoms with Gasteiger partial charge in [0.25, 0.3) is 0 Å². The molecule has 0 heterocycles. The monoisotopic (exact) mass is 326 g/mol. The topological polar surface area (TPSA) is 41.1 Å². The molecule has 4 heteroatoms. The zero-order chi connectivity index (χ0) is 14.6. The summed E-state index contributed by atoms with van der Waals surface area (Å²) in [5, 5.41) is 6.21. The molecule has 0 aliphatic heterocycles. The van der Waals surface area contributed by atoms with Crippen molar-refractivity contribution in [2.45, 2.75) is 46.6 Å². The summed E-state index contributed by atoms with van der Waals surface area (Å²) >= 11 is 3.53. The summed E-state index contributed by atoms with van der Waals surface area (Å²) in [7, 11) is 0. The highest BCUT2D eigenvalue weighted by Crippen LogP contribution is 2.27. The molecule has 0 fully saturated rings. The van der Waals surface area contributed by atoms with Gasteiger partial charge in [0.2, 0.25) is 5.91 Å². The molecule has 0 aromatic heterocycles. The van der Waals surface area contributed by atoms with Crippen molar-refractivity contribution in [3.8, 4) is 0 Å². The Hall–Kier alpha value is -1.03. The number of hydrogen-bond donors (Lipinski definition) is 2. The van der Waals surface area contributed by atoms with Gasteiger partial charge in [-0.05, 0) is 67.2 Å². The van der Waals surface area contributed by atoms with Crippen LogP contribution in [0.2, 0.25) is 0 Å². The minimum Gasteiger partial charge on any atom is -0.375 e. The van der Waals surface area contributed by atoms with Crippen molar-refractivity contribution in [2.75, 3.05) is 11.9 Å². The highest BCUT2D eigenvalue weighted by Gasteiger charge is 2.17. The van der Waals surface area contributed by atoms with Gasteiger partial charge in [0.15, 0.2) is 0 Å². The molecule has 1 aromatic rings. The number of nitrogens with one attached hydrogen (secondary N) is 2. The van der Waals surface area contributed by atoms with Crippen LogP contribution in [-0.4, -0.2) is 18.0 Å². The third kappa shape index (κ3) is 4.86. The van der Waals surface area contributed by atoms with Gasteiger partial charge in [0, 0.05) is 10.0 Å². The lowest BCUT2D eigenvalue weighted by atomic mass is 10.0. The Morgan fingerprint density at radius 1 is 1.32 bits per heavy atom. The van der Waals surface area contributed by atoms with Crippen molar-refractivity contribution in [3.63, 3.8) is 0 Å². The Kier molecular flexibility index (Phi) is 5.41. The highest BCUT2D eigenvalue weighted by molar-refractivity contribution is 9.10. The number of hydrogen-bond acceptors (Lipinski definition) is 2. The summed E-state index contributed by atoms with van der Waals surface area (Å²) in [5.41, 5.74) is 3.16. The fourth-order valence-corrected chi connectivity index (χ4v) is 2.63. The van der Waals surface area contributed by atoms with Gasteiger partial charge >= 0.3 is 0 Å². The largest absolute Gasteiger partial charge is 0.375 e. The number of amides is 1. The van der Waals surface area contributed by atoms with Crippen molar-refractivity contribution in [2.24, 2.45) is 0 Å². The molecule has 0 saturated carbocycles. The molecule has 19 heavy (non-hydrogen) atoms. The molecule has 0 atom stereocenters. The van der Waals surface area contributed by atoms with E-state index < -0.39 is 0 Å². The van der Waals surface area contributed by atoms with Crippen LogP contribution in [0.5, 0.6) is 0 Å². The second kappa shape index (κ2) is 6.42. The average molecular weight is 327 g/mol. The minimum absolute atomic E-state index is 0.0127. The maximum absolute atomic E-state index is 11.9. The van der Waals surface area contributed by atoms with E-state index in [2.05, 4.69) is 46.5 Å². The van der Waals surface area contributed by atoms with E-state index in [-0.39, 0.29) is 18.0 Å². The Bertz CT molecular complexity index is 446. The smallest absolute Gasteiger partial charge is 0.239 e. The number of carbonyl (C=O) groups is 1. The summed E-state index contributed by atoms with van der Waals surface area (Å²) in [4.78, 5) is 11.9. The van der Waals surface area contributed by atoms with Gasteiger partial charge in [-0.15, -0.1) is 0 Å². The molecule has 3 nitrogen and oxygen atoms in total. The summed E-state index contributed by atoms with van der Waals surface area (Å²) < 4.78 is 0.993. The van der Waals surface area contributed by atoms with E-state index in [1.54, 1.807) is 0 Å². The second-order valence-corrected chi connectivity index (χ2v) is 6.43. The first-order valence-electron chi connectivity index (χ1n) is 6.57. The van der Waals surface area contributed by atoms with Gasteiger partial charge in [-0.3, -0.25) is 4.79 Å². The van der Waals surface area contributed by atoms with Crippen molar-refractivity contribution in [3.05, 3.63) is 27.7 Å². The van der Waals surface area contributed by atoms with Crippen LogP contribution in [0.3, 0.4) is 0 Å². The molecule has 1 aromatic carbocycles. The SMILES string of the molecule is CCC(C)(C)NC(=O)CNc1c(C)cc(C)cc1Br. The predicted octanol–water partition coefficient (Wildman–Crippen LogP) is 3.78. The first kappa shape index (κ1) is 16.0. The summed E-state index contributed by atoms with van der Waals surface area (Å²) in [5.74, 6) is 0.0127. The molecule has 0 bridgehead atoms. The third-order valence-electron chi connectivity index (χ3n) is 3.22. The van der Waals surface area contributed by atoms with Crippen LogP contribution in [0.1, 0.15) is 38.3 Å². The lowest BCUT2D eigenvalue weighted by molar-refractivity contribution is -0.121. The van der Waals surface area contributed by atoms with Crippen LogP contribution >= 0.6 is 15.9 Å². The first-order valence-corrected chi connectivity index (χ1v) is 7.36. The minimum atomic E-state index is -0.154. The Labute approximate surface area is 124 Å². The summed E-state index contributed by atoms with van der Waals surface area (Å²) in [6.07, 6.45) is 0.909. The number of benzene rings is 1. The van der Waals surface area contributed by atoms with E-state index in [1.807, 2.05) is 26.8 Å². The molecular weight excluding hydrogens is 304 g/mol. The maximum atomic E-state index is 11.9. The van der Waals surface area contributed by atoms with Gasteiger partial charge in [0.1, 0.15) is 0 Å². The lowest BCUT2D eigenvalue weighted by Gasteiger charge is -2.24. The number of aryl methyl sites for hydroxylation is 2. The molecule has 0 unspecified atom stereocenters. The zero-order valence-electron chi connectivity index (χ0n) is 12.4. The van der Waals surface area contributed by atoms with Crippen LogP contribution in [0.25, 0.3) is 0 Å². The molecule has 0 aliphatic carbocycles. The van der Waals surface area contributed by atoms with E-state index in [9.17, 15) is 4.79 Å². The van der Waals surface area contributed by atoms with Gasteiger partial charge < -0.3 is 10.6 Å². The van der Waals surface area contributed by atoms with Crippen LogP contribution in [-0.2, 0) is 4.79 Å². The molecule has 0 spiro atoms. The van der Waals surface area contributed by atoms with E-state index in [1.165, 1.54) is 5.56 Å². The van der Waals surface area contributed by atoms with E-state index in [0.717, 1.165) is 22.1 Å². The molecular formula is C15H23BrN2O. The van der Waals surface area contributed by atoms with Crippen molar-refractivity contribution in [1.82, 2.24) is 5.32 Å². The van der Waals surface area contributed by atoms with Crippen molar-refractivity contribution < 1.29 is 4.79 Å². The fourth-order valence-electron chi connectivity index (χ4n) is 1.82. The summed E-state index contributed by atoms with van der Waals surface area (Å²) in [6, 6.07) is 4.14. The lowest BCUT2D eigenvalue weighted by Crippen LogP contribution is -2.45. The van der Waals surface area contributed by atoms with Crippen molar-refractivity contribution >= 4 is 27.5 Å². The number of anilines is 1. The average Bonchev–Trinajstić information content (AvgIpc) is 2.26. The van der Waals surface area contributed by atoms with Gasteiger partial charge in [-0.2, -0.15) is 0 Å². The van der Waals surface area contributed by atoms with Crippen LogP contribution < -0.4 is 10.6 Å². The zero-order valence-corrected chi connectivity index (χ0v) is 13.9. The normalized spacial score (nSPS) is 11.3. The molecule has 1 amide bonds. The molecule has 1 rings (SSSR count). The van der Waals surface area contributed by atoms with Crippen molar-refractivity contribution in [1.29, 1.82) is 0 Å². The number of carbonyl (C=O) groups excluding carboxylic acids is 1. The Balaban J connectivity index is 2.65. The quantitative estimate of drug-likeness (QED) is 0.864. The third-order valence-corrected chi connectivity index (χ3v) is 3.84. The van der Waals surface area contributed by atoms with Gasteiger partial charge in [-0.25, -0.2) is 0 Å². The van der Waals surface area contributed by atoms with E-state index in [0.29, 0.717) is 0 Å². The standard InChI is InChI=1S/C15H23BrN2O/c1-6-15(4,5)18-13(19)9-17-14-11(3)7-10(2)8-12(14)16/h7-8,17H,6,9H2,1-5H3,(H,18,19). The Morgan fingerprint density at radius 3 is 2.47 bits per heavy atom. The van der Waals surface area contributed by atoms with Crippen LogP contribution in [0, 0.1) is 13.8 Å².